The Morgan fingerprint density at radius 1 is 0.914 bits per heavy atom. The summed E-state index contributed by atoms with van der Waals surface area (Å²) in [6.07, 6.45) is -9.20. The first-order valence-electron chi connectivity index (χ1n) is 9.45. The number of aromatic carboxylic acids is 1. The molecule has 0 heterocycles. The fourth-order valence-corrected chi connectivity index (χ4v) is 3.79. The summed E-state index contributed by atoms with van der Waals surface area (Å²) in [4.78, 5) is 36.2. The molecule has 0 aliphatic rings. The van der Waals surface area contributed by atoms with Gasteiger partial charge < -0.3 is 14.6 Å². The minimum absolute atomic E-state index is 0.0220. The van der Waals surface area contributed by atoms with Crippen LogP contribution in [-0.2, 0) is 49.7 Å². The Kier molecular flexibility index (Phi) is 10.7. The first-order valence-corrected chi connectivity index (χ1v) is 11.1. The normalized spacial score (nSPS) is 12.9. The van der Waals surface area contributed by atoms with Crippen molar-refractivity contribution in [1.82, 2.24) is 0 Å². The predicted molar refractivity (Wildman–Crippen MR) is 118 cm³/mol. The lowest BCUT2D eigenvalue weighted by atomic mass is 9.72. The molecule has 0 aromatic heterocycles. The van der Waals surface area contributed by atoms with Crippen LogP contribution in [0.25, 0.3) is 0 Å². The zero-order valence-corrected chi connectivity index (χ0v) is 18.7. The molecule has 9 nitrogen and oxygen atoms in total. The van der Waals surface area contributed by atoms with Crippen LogP contribution in [0.4, 0.5) is 13.2 Å². The van der Waals surface area contributed by atoms with Crippen LogP contribution in [0, 0.1) is 0 Å². The van der Waals surface area contributed by atoms with Gasteiger partial charge in [0.1, 0.15) is 12.0 Å². The Morgan fingerprint density at radius 2 is 1.37 bits per heavy atom. The van der Waals surface area contributed by atoms with E-state index in [1.165, 1.54) is 0 Å². The monoisotopic (exact) mass is 508 g/mol. The summed E-state index contributed by atoms with van der Waals surface area (Å²) in [5, 5.41) is 9.67. The average molecular weight is 508 g/mol. The third-order valence-electron chi connectivity index (χ3n) is 4.55. The molecule has 0 saturated carbocycles. The maximum absolute atomic E-state index is 12.8. The van der Waals surface area contributed by atoms with Crippen molar-refractivity contribution in [2.45, 2.75) is 37.6 Å². The number of benzene rings is 1. The highest BCUT2D eigenvalue weighted by Crippen LogP contribution is 2.30. The maximum atomic E-state index is 12.8. The van der Waals surface area contributed by atoms with Crippen molar-refractivity contribution in [3.8, 4) is 0 Å². The van der Waals surface area contributed by atoms with Crippen LogP contribution < -0.4 is 0 Å². The topological polar surface area (TPSA) is 144 Å². The van der Waals surface area contributed by atoms with E-state index in [2.05, 4.69) is 9.47 Å². The molecule has 0 bridgehead atoms. The van der Waals surface area contributed by atoms with Gasteiger partial charge in [0, 0.05) is 0 Å². The molecule has 0 fully saturated rings. The molecule has 8 radical (unpaired) electrons. The summed E-state index contributed by atoms with van der Waals surface area (Å²) in [5.41, 5.74) is -0.692. The molecular weight excluding hydrogens is 492 g/mol. The fraction of sp³-hybridized carbons (Fsp3) is 0.389. The van der Waals surface area contributed by atoms with Crippen molar-refractivity contribution in [3.63, 3.8) is 0 Å². The number of carboxylic acids is 1. The standard InChI is InChI=1S/C18H15B4F3O9S/c19-3-8-9(4-20)11(6-22)15(14(16(27)28)10(8)5-21)17(29)33-2-1-13(26)34-12(18(23,24)25)7-35(30,31)32/h1-2,12H,3-7H2,(H,27,28)(H,30,31,32)/b2-1+. The lowest BCUT2D eigenvalue weighted by Gasteiger charge is -2.23. The number of rotatable bonds is 11. The lowest BCUT2D eigenvalue weighted by Crippen LogP contribution is -2.39. The van der Waals surface area contributed by atoms with E-state index in [0.717, 1.165) is 0 Å². The number of esters is 2. The molecule has 35 heavy (non-hydrogen) atoms. The summed E-state index contributed by atoms with van der Waals surface area (Å²) in [5.74, 6) is -6.71. The quantitative estimate of drug-likeness (QED) is 0.140. The van der Waals surface area contributed by atoms with Gasteiger partial charge in [-0.3, -0.25) is 4.55 Å². The molecule has 180 valence electrons. The van der Waals surface area contributed by atoms with Gasteiger partial charge in [0.2, 0.25) is 6.10 Å². The van der Waals surface area contributed by atoms with Crippen molar-refractivity contribution in [3.05, 3.63) is 45.7 Å². The number of halogens is 3. The van der Waals surface area contributed by atoms with E-state index in [4.69, 9.17) is 35.9 Å². The minimum Gasteiger partial charge on any atom is -0.478 e. The zero-order chi connectivity index (χ0) is 27.1. The van der Waals surface area contributed by atoms with Crippen LogP contribution in [-0.4, -0.2) is 85.4 Å². The molecule has 0 spiro atoms. The number of ether oxygens (including phenoxy) is 2. The van der Waals surface area contributed by atoms with Crippen molar-refractivity contribution < 1.29 is 55.1 Å². The van der Waals surface area contributed by atoms with Gasteiger partial charge in [-0.2, -0.15) is 21.6 Å². The van der Waals surface area contributed by atoms with Crippen LogP contribution >= 0.6 is 0 Å². The molecule has 1 aromatic rings. The summed E-state index contributed by atoms with van der Waals surface area (Å²) in [7, 11) is 17.5. The maximum Gasteiger partial charge on any atom is 0.426 e. The molecule has 17 heteroatoms. The predicted octanol–water partition coefficient (Wildman–Crippen LogP) is 0.0912. The second kappa shape index (κ2) is 12.3. The Morgan fingerprint density at radius 3 is 1.74 bits per heavy atom. The Hall–Kier alpha value is -2.67. The van der Waals surface area contributed by atoms with Crippen molar-refractivity contribution in [2.24, 2.45) is 0 Å². The van der Waals surface area contributed by atoms with Crippen molar-refractivity contribution >= 4 is 59.4 Å². The number of alkyl halides is 3. The van der Waals surface area contributed by atoms with Crippen LogP contribution in [0.5, 0.6) is 0 Å². The summed E-state index contributed by atoms with van der Waals surface area (Å²) >= 11 is 0. The Bertz CT molecular complexity index is 1120. The van der Waals surface area contributed by atoms with Crippen LogP contribution in [0.2, 0.25) is 0 Å². The number of carboxylic acid groups (broad SMARTS) is 1. The van der Waals surface area contributed by atoms with Gasteiger partial charge in [0.05, 0.1) is 48.6 Å². The van der Waals surface area contributed by atoms with E-state index in [1.54, 1.807) is 0 Å². The summed E-state index contributed by atoms with van der Waals surface area (Å²) < 4.78 is 77.1. The number of hydrogen-bond donors (Lipinski definition) is 2. The van der Waals surface area contributed by atoms with Crippen LogP contribution in [0.3, 0.4) is 0 Å². The second-order valence-corrected chi connectivity index (χ2v) is 8.21. The SMILES string of the molecule is [B]Cc1c(C[B])c(C[B])c(C(=O)O/C=C/C(=O)OC(CS(=O)(=O)O)C(F)(F)F)c(C(=O)O)c1C[B]. The van der Waals surface area contributed by atoms with Gasteiger partial charge in [0.25, 0.3) is 10.1 Å². The molecule has 1 aromatic carbocycles. The third kappa shape index (κ3) is 7.92. The van der Waals surface area contributed by atoms with E-state index < -0.39 is 57.2 Å². The third-order valence-corrected chi connectivity index (χ3v) is 5.27. The van der Waals surface area contributed by atoms with E-state index in [-0.39, 0.29) is 53.6 Å². The largest absolute Gasteiger partial charge is 0.478 e. The molecule has 1 unspecified atom stereocenters. The van der Waals surface area contributed by atoms with Gasteiger partial charge in [-0.25, -0.2) is 14.4 Å². The molecule has 1 rings (SSSR count). The van der Waals surface area contributed by atoms with Crippen molar-refractivity contribution in [1.29, 1.82) is 0 Å². The van der Waals surface area contributed by atoms with Gasteiger partial charge >= 0.3 is 24.1 Å². The molecule has 1 atom stereocenters. The van der Waals surface area contributed by atoms with E-state index in [1.807, 2.05) is 0 Å². The van der Waals surface area contributed by atoms with Gasteiger partial charge in [-0.05, 0) is 11.1 Å². The fourth-order valence-electron chi connectivity index (χ4n) is 3.15. The van der Waals surface area contributed by atoms with Gasteiger partial charge in [0.15, 0.2) is 0 Å². The zero-order valence-electron chi connectivity index (χ0n) is 17.9. The second-order valence-electron chi connectivity index (χ2n) is 6.71. The average Bonchev–Trinajstić information content (AvgIpc) is 2.74. The first-order chi connectivity index (χ1) is 16.1. The Balaban J connectivity index is 3.34. The molecule has 0 amide bonds. The number of carbonyl (C=O) groups excluding carboxylic acids is 2. The highest BCUT2D eigenvalue weighted by Gasteiger charge is 2.45. The van der Waals surface area contributed by atoms with Crippen LogP contribution in [0.15, 0.2) is 12.3 Å². The molecular formula is C18H15B4F3O9S. The van der Waals surface area contributed by atoms with Crippen molar-refractivity contribution in [2.75, 3.05) is 5.75 Å². The lowest BCUT2D eigenvalue weighted by molar-refractivity contribution is -0.212. The number of carbonyl (C=O) groups is 3. The van der Waals surface area contributed by atoms with E-state index in [9.17, 15) is 41.1 Å². The molecule has 2 N–H and O–H groups in total. The highest BCUT2D eigenvalue weighted by molar-refractivity contribution is 7.85. The molecule has 0 saturated heterocycles. The summed E-state index contributed by atoms with van der Waals surface area (Å²) in [6.45, 7) is 0. The summed E-state index contributed by atoms with van der Waals surface area (Å²) in [6, 6.07) is 0. The molecule has 0 aliphatic carbocycles. The van der Waals surface area contributed by atoms with Gasteiger partial charge in [-0.1, -0.05) is 36.4 Å². The molecule has 0 aliphatic heterocycles. The van der Waals surface area contributed by atoms with Gasteiger partial charge in [-0.15, -0.1) is 0 Å². The minimum atomic E-state index is -5.34. The smallest absolute Gasteiger partial charge is 0.426 e. The van der Waals surface area contributed by atoms with Crippen LogP contribution in [0.1, 0.15) is 43.0 Å². The first kappa shape index (κ1) is 30.4. The van der Waals surface area contributed by atoms with E-state index in [0.29, 0.717) is 6.26 Å². The highest BCUT2D eigenvalue weighted by atomic mass is 32.2. The Labute approximate surface area is 203 Å². The number of hydrogen-bond acceptors (Lipinski definition) is 7. The van der Waals surface area contributed by atoms with E-state index >= 15 is 0 Å².